The van der Waals surface area contributed by atoms with E-state index >= 15 is 0 Å². The van der Waals surface area contributed by atoms with Gasteiger partial charge in [-0.2, -0.15) is 0 Å². The van der Waals surface area contributed by atoms with Crippen LogP contribution in [-0.4, -0.2) is 44.2 Å². The first-order valence-corrected chi connectivity index (χ1v) is 9.42. The highest BCUT2D eigenvalue weighted by atomic mass is 32.2. The van der Waals surface area contributed by atoms with Crippen LogP contribution in [0, 0.1) is 11.8 Å². The van der Waals surface area contributed by atoms with Gasteiger partial charge in [0, 0.05) is 25.2 Å². The quantitative estimate of drug-likeness (QED) is 0.862. The second-order valence-electron chi connectivity index (χ2n) is 6.60. The SMILES string of the molecule is CC1CCC(C)C(NC2CCN(S(C)(=O)=O)CC2)C1. The van der Waals surface area contributed by atoms with Gasteiger partial charge < -0.3 is 5.32 Å². The van der Waals surface area contributed by atoms with Gasteiger partial charge in [-0.25, -0.2) is 12.7 Å². The van der Waals surface area contributed by atoms with E-state index in [1.165, 1.54) is 25.5 Å². The van der Waals surface area contributed by atoms with Crippen LogP contribution in [0.5, 0.6) is 0 Å². The van der Waals surface area contributed by atoms with Crippen molar-refractivity contribution in [3.05, 3.63) is 0 Å². The molecule has 4 nitrogen and oxygen atoms in total. The van der Waals surface area contributed by atoms with Crippen LogP contribution in [0.4, 0.5) is 0 Å². The van der Waals surface area contributed by atoms with E-state index in [0.29, 0.717) is 25.2 Å². The number of rotatable bonds is 3. The molecule has 1 saturated heterocycles. The van der Waals surface area contributed by atoms with Gasteiger partial charge in [-0.1, -0.05) is 20.3 Å². The Morgan fingerprint density at radius 3 is 2.26 bits per heavy atom. The second kappa shape index (κ2) is 6.10. The normalized spacial score (nSPS) is 35.4. The van der Waals surface area contributed by atoms with Gasteiger partial charge in [-0.3, -0.25) is 0 Å². The van der Waals surface area contributed by atoms with Crippen LogP contribution in [0.3, 0.4) is 0 Å². The van der Waals surface area contributed by atoms with Gasteiger partial charge in [-0.05, 0) is 37.5 Å². The summed E-state index contributed by atoms with van der Waals surface area (Å²) in [5.41, 5.74) is 0. The Kier molecular flexibility index (Phi) is 4.90. The molecule has 0 aromatic rings. The molecule has 2 aliphatic rings. The topological polar surface area (TPSA) is 49.4 Å². The van der Waals surface area contributed by atoms with Crippen molar-refractivity contribution in [2.24, 2.45) is 11.8 Å². The molecule has 3 atom stereocenters. The molecule has 2 fully saturated rings. The average molecular weight is 288 g/mol. The van der Waals surface area contributed by atoms with Gasteiger partial charge in [0.05, 0.1) is 6.26 Å². The van der Waals surface area contributed by atoms with Crippen molar-refractivity contribution in [1.82, 2.24) is 9.62 Å². The summed E-state index contributed by atoms with van der Waals surface area (Å²) in [4.78, 5) is 0. The van der Waals surface area contributed by atoms with Crippen molar-refractivity contribution in [3.8, 4) is 0 Å². The Balaban J connectivity index is 1.82. The van der Waals surface area contributed by atoms with E-state index in [-0.39, 0.29) is 0 Å². The fraction of sp³-hybridized carbons (Fsp3) is 1.00. The van der Waals surface area contributed by atoms with Crippen molar-refractivity contribution in [3.63, 3.8) is 0 Å². The molecule has 0 spiro atoms. The number of nitrogens with one attached hydrogen (secondary N) is 1. The summed E-state index contributed by atoms with van der Waals surface area (Å²) in [5, 5.41) is 3.79. The molecular formula is C14H28N2O2S. The Morgan fingerprint density at radius 1 is 1.05 bits per heavy atom. The summed E-state index contributed by atoms with van der Waals surface area (Å²) >= 11 is 0. The molecule has 1 aliphatic carbocycles. The van der Waals surface area contributed by atoms with Crippen molar-refractivity contribution >= 4 is 10.0 Å². The number of sulfonamides is 1. The fourth-order valence-electron chi connectivity index (χ4n) is 3.42. The Bertz CT molecular complexity index is 388. The smallest absolute Gasteiger partial charge is 0.211 e. The Hall–Kier alpha value is -0.130. The van der Waals surface area contributed by atoms with E-state index in [1.54, 1.807) is 4.31 Å². The van der Waals surface area contributed by atoms with Crippen molar-refractivity contribution in [2.75, 3.05) is 19.3 Å². The lowest BCUT2D eigenvalue weighted by Gasteiger charge is -2.38. The molecule has 0 bridgehead atoms. The third-order valence-corrected chi connectivity index (χ3v) is 6.13. The summed E-state index contributed by atoms with van der Waals surface area (Å²) in [5.74, 6) is 1.58. The minimum Gasteiger partial charge on any atom is -0.311 e. The van der Waals surface area contributed by atoms with Crippen molar-refractivity contribution < 1.29 is 8.42 Å². The molecule has 0 radical (unpaired) electrons. The summed E-state index contributed by atoms with van der Waals surface area (Å²) in [7, 11) is -3.00. The highest BCUT2D eigenvalue weighted by Crippen LogP contribution is 2.29. The predicted octanol–water partition coefficient (Wildman–Crippen LogP) is 1.82. The maximum atomic E-state index is 11.5. The molecule has 0 aromatic heterocycles. The van der Waals surface area contributed by atoms with Crippen LogP contribution in [0.15, 0.2) is 0 Å². The Labute approximate surface area is 118 Å². The summed E-state index contributed by atoms with van der Waals surface area (Å²) < 4.78 is 24.6. The average Bonchev–Trinajstić information content (AvgIpc) is 2.33. The predicted molar refractivity (Wildman–Crippen MR) is 78.5 cm³/mol. The van der Waals surface area contributed by atoms with Crippen LogP contribution in [-0.2, 0) is 10.0 Å². The molecule has 0 amide bonds. The van der Waals surface area contributed by atoms with E-state index in [2.05, 4.69) is 19.2 Å². The summed E-state index contributed by atoms with van der Waals surface area (Å²) in [6.45, 7) is 6.03. The maximum absolute atomic E-state index is 11.5. The third kappa shape index (κ3) is 4.17. The zero-order chi connectivity index (χ0) is 14.0. The highest BCUT2D eigenvalue weighted by molar-refractivity contribution is 7.88. The van der Waals surface area contributed by atoms with Crippen LogP contribution in [0.2, 0.25) is 0 Å². The lowest BCUT2D eigenvalue weighted by molar-refractivity contribution is 0.189. The summed E-state index contributed by atoms with van der Waals surface area (Å²) in [6.07, 6.45) is 7.15. The lowest BCUT2D eigenvalue weighted by Crippen LogP contribution is -2.50. The first-order chi connectivity index (χ1) is 8.86. The minimum atomic E-state index is -3.00. The second-order valence-corrected chi connectivity index (χ2v) is 8.59. The van der Waals surface area contributed by atoms with Gasteiger partial charge in [0.15, 0.2) is 0 Å². The number of nitrogens with zero attached hydrogens (tertiary/aromatic N) is 1. The molecule has 1 aliphatic heterocycles. The zero-order valence-electron chi connectivity index (χ0n) is 12.4. The van der Waals surface area contributed by atoms with Crippen molar-refractivity contribution in [1.29, 1.82) is 0 Å². The molecule has 1 heterocycles. The van der Waals surface area contributed by atoms with Gasteiger partial charge in [0.2, 0.25) is 10.0 Å². The largest absolute Gasteiger partial charge is 0.311 e. The monoisotopic (exact) mass is 288 g/mol. The van der Waals surface area contributed by atoms with Gasteiger partial charge in [-0.15, -0.1) is 0 Å². The molecule has 112 valence electrons. The van der Waals surface area contributed by atoms with E-state index in [9.17, 15) is 8.42 Å². The van der Waals surface area contributed by atoms with Crippen LogP contribution in [0.1, 0.15) is 46.0 Å². The highest BCUT2D eigenvalue weighted by Gasteiger charge is 2.30. The number of hydrogen-bond acceptors (Lipinski definition) is 3. The minimum absolute atomic E-state index is 0.496. The van der Waals surface area contributed by atoms with E-state index in [4.69, 9.17) is 0 Å². The summed E-state index contributed by atoms with van der Waals surface area (Å²) in [6, 6.07) is 1.12. The molecule has 3 unspecified atom stereocenters. The maximum Gasteiger partial charge on any atom is 0.211 e. The zero-order valence-corrected chi connectivity index (χ0v) is 13.2. The number of hydrogen-bond donors (Lipinski definition) is 1. The molecule has 1 saturated carbocycles. The van der Waals surface area contributed by atoms with Gasteiger partial charge in [0.25, 0.3) is 0 Å². The van der Waals surface area contributed by atoms with Gasteiger partial charge in [0.1, 0.15) is 0 Å². The van der Waals surface area contributed by atoms with Crippen LogP contribution >= 0.6 is 0 Å². The van der Waals surface area contributed by atoms with Crippen molar-refractivity contribution in [2.45, 2.75) is 58.0 Å². The first kappa shape index (κ1) is 15.3. The van der Waals surface area contributed by atoms with Crippen LogP contribution < -0.4 is 5.32 Å². The molecule has 1 N–H and O–H groups in total. The van der Waals surface area contributed by atoms with Crippen LogP contribution in [0.25, 0.3) is 0 Å². The third-order valence-electron chi connectivity index (χ3n) is 4.83. The van der Waals surface area contributed by atoms with E-state index < -0.39 is 10.0 Å². The van der Waals surface area contributed by atoms with E-state index in [0.717, 1.165) is 24.7 Å². The first-order valence-electron chi connectivity index (χ1n) is 7.57. The molecule has 0 aromatic carbocycles. The molecular weight excluding hydrogens is 260 g/mol. The fourth-order valence-corrected chi connectivity index (χ4v) is 4.30. The van der Waals surface area contributed by atoms with Gasteiger partial charge >= 0.3 is 0 Å². The number of piperidine rings is 1. The molecule has 5 heteroatoms. The standard InChI is InChI=1S/C14H28N2O2S/c1-11-4-5-12(2)14(10-11)15-13-6-8-16(9-7-13)19(3,17)18/h11-15H,4-10H2,1-3H3. The lowest BCUT2D eigenvalue weighted by atomic mass is 9.79. The molecule has 2 rings (SSSR count). The molecule has 19 heavy (non-hydrogen) atoms. The van der Waals surface area contributed by atoms with E-state index in [1.807, 2.05) is 0 Å². The Morgan fingerprint density at radius 2 is 1.68 bits per heavy atom.